The van der Waals surface area contributed by atoms with Gasteiger partial charge in [0.05, 0.1) is 12.6 Å². The number of rotatable bonds is 4. The second kappa shape index (κ2) is 5.28. The Balaban J connectivity index is 2.10. The second-order valence-corrected chi connectivity index (χ2v) is 4.90. The van der Waals surface area contributed by atoms with E-state index in [2.05, 4.69) is 20.4 Å². The summed E-state index contributed by atoms with van der Waals surface area (Å²) in [6.45, 7) is 3.15. The van der Waals surface area contributed by atoms with Crippen LogP contribution in [0.5, 0.6) is 0 Å². The summed E-state index contributed by atoms with van der Waals surface area (Å²) >= 11 is 0. The van der Waals surface area contributed by atoms with Gasteiger partial charge in [-0.25, -0.2) is 9.48 Å². The molecule has 20 heavy (non-hydrogen) atoms. The highest BCUT2D eigenvalue weighted by atomic mass is 16.5. The predicted molar refractivity (Wildman–Crippen MR) is 71.8 cm³/mol. The predicted octanol–water partition coefficient (Wildman–Crippen LogP) is 0.499. The number of carbonyl (C=O) groups is 2. The molecule has 0 aliphatic carbocycles. The summed E-state index contributed by atoms with van der Waals surface area (Å²) in [7, 11) is 1.28. The number of carbonyl (C=O) groups excluding carboxylic acids is 2. The van der Waals surface area contributed by atoms with E-state index in [1.807, 2.05) is 24.3 Å². The molecule has 2 aromatic rings. The highest BCUT2D eigenvalue weighted by molar-refractivity contribution is 5.87. The molecule has 1 heterocycles. The van der Waals surface area contributed by atoms with Crippen molar-refractivity contribution in [2.24, 2.45) is 0 Å². The van der Waals surface area contributed by atoms with Gasteiger partial charge >= 0.3 is 5.97 Å². The van der Waals surface area contributed by atoms with Crippen molar-refractivity contribution in [3.63, 3.8) is 0 Å². The van der Waals surface area contributed by atoms with E-state index in [1.54, 1.807) is 13.8 Å². The van der Waals surface area contributed by atoms with Crippen molar-refractivity contribution >= 4 is 22.9 Å². The third kappa shape index (κ3) is 2.76. The van der Waals surface area contributed by atoms with Gasteiger partial charge in [0.15, 0.2) is 0 Å². The lowest BCUT2D eigenvalue weighted by molar-refractivity contribution is -0.149. The number of benzene rings is 1. The standard InChI is InChI=1S/C13H16N4O3/c1-13(2,12(19)20-3)14-11(18)8-17-10-7-5-4-6-9(10)15-16-17/h4-7H,8H2,1-3H3,(H,14,18). The summed E-state index contributed by atoms with van der Waals surface area (Å²) < 4.78 is 6.12. The van der Waals surface area contributed by atoms with Crippen LogP contribution in [0.4, 0.5) is 0 Å². The summed E-state index contributed by atoms with van der Waals surface area (Å²) in [5.41, 5.74) is 0.397. The van der Waals surface area contributed by atoms with Crippen molar-refractivity contribution in [1.82, 2.24) is 20.3 Å². The molecule has 0 aliphatic rings. The largest absolute Gasteiger partial charge is 0.467 e. The molecule has 0 unspecified atom stereocenters. The van der Waals surface area contributed by atoms with E-state index in [9.17, 15) is 9.59 Å². The normalized spacial score (nSPS) is 11.3. The van der Waals surface area contributed by atoms with Crippen molar-refractivity contribution in [3.05, 3.63) is 24.3 Å². The second-order valence-electron chi connectivity index (χ2n) is 4.90. The maximum absolute atomic E-state index is 12.0. The summed E-state index contributed by atoms with van der Waals surface area (Å²) in [5.74, 6) is -0.842. The number of esters is 1. The van der Waals surface area contributed by atoms with Gasteiger partial charge in [-0.15, -0.1) is 5.10 Å². The third-order valence-corrected chi connectivity index (χ3v) is 2.86. The first-order valence-corrected chi connectivity index (χ1v) is 6.11. The molecule has 7 nitrogen and oxygen atoms in total. The Morgan fingerprint density at radius 1 is 1.35 bits per heavy atom. The number of aromatic nitrogens is 3. The molecule has 0 radical (unpaired) electrons. The van der Waals surface area contributed by atoms with E-state index in [0.717, 1.165) is 5.52 Å². The van der Waals surface area contributed by atoms with Crippen LogP contribution in [0.15, 0.2) is 24.3 Å². The minimum atomic E-state index is -1.08. The van der Waals surface area contributed by atoms with Gasteiger partial charge < -0.3 is 10.1 Å². The van der Waals surface area contributed by atoms with Gasteiger partial charge in [0, 0.05) is 0 Å². The quantitative estimate of drug-likeness (QED) is 0.822. The van der Waals surface area contributed by atoms with Crippen LogP contribution in [-0.4, -0.2) is 39.5 Å². The molecule has 1 amide bonds. The van der Waals surface area contributed by atoms with E-state index in [0.29, 0.717) is 5.52 Å². The number of hydrogen-bond donors (Lipinski definition) is 1. The van der Waals surface area contributed by atoms with E-state index >= 15 is 0 Å². The number of methoxy groups -OCH3 is 1. The number of para-hydroxylation sites is 1. The fraction of sp³-hybridized carbons (Fsp3) is 0.385. The van der Waals surface area contributed by atoms with Crippen molar-refractivity contribution < 1.29 is 14.3 Å². The van der Waals surface area contributed by atoms with E-state index in [4.69, 9.17) is 0 Å². The lowest BCUT2D eigenvalue weighted by atomic mass is 10.1. The zero-order valence-corrected chi connectivity index (χ0v) is 11.6. The SMILES string of the molecule is COC(=O)C(C)(C)NC(=O)Cn1nnc2ccccc21. The van der Waals surface area contributed by atoms with Crippen LogP contribution in [0.2, 0.25) is 0 Å². The number of hydrogen-bond acceptors (Lipinski definition) is 5. The molecule has 1 N–H and O–H groups in total. The topological polar surface area (TPSA) is 86.1 Å². The fourth-order valence-corrected chi connectivity index (χ4v) is 1.86. The first-order valence-electron chi connectivity index (χ1n) is 6.11. The molecular formula is C13H16N4O3. The number of nitrogens with one attached hydrogen (secondary N) is 1. The number of amides is 1. The van der Waals surface area contributed by atoms with Crippen molar-refractivity contribution in [1.29, 1.82) is 0 Å². The number of fused-ring (bicyclic) bond motifs is 1. The van der Waals surface area contributed by atoms with Crippen LogP contribution in [0.3, 0.4) is 0 Å². The zero-order valence-electron chi connectivity index (χ0n) is 11.6. The molecule has 7 heteroatoms. The van der Waals surface area contributed by atoms with Crippen LogP contribution in [0.25, 0.3) is 11.0 Å². The molecule has 0 saturated heterocycles. The van der Waals surface area contributed by atoms with Crippen LogP contribution in [0, 0.1) is 0 Å². The van der Waals surface area contributed by atoms with Gasteiger partial charge in [0.25, 0.3) is 0 Å². The van der Waals surface area contributed by atoms with Gasteiger partial charge in [0.1, 0.15) is 17.6 Å². The molecular weight excluding hydrogens is 260 g/mol. The minimum Gasteiger partial charge on any atom is -0.467 e. The lowest BCUT2D eigenvalue weighted by Crippen LogP contribution is -2.51. The Hall–Kier alpha value is -2.44. The lowest BCUT2D eigenvalue weighted by Gasteiger charge is -2.22. The summed E-state index contributed by atoms with van der Waals surface area (Å²) in [5, 5.41) is 10.5. The Morgan fingerprint density at radius 2 is 2.05 bits per heavy atom. The zero-order chi connectivity index (χ0) is 14.8. The van der Waals surface area contributed by atoms with E-state index in [1.165, 1.54) is 11.8 Å². The molecule has 0 aliphatic heterocycles. The van der Waals surface area contributed by atoms with Gasteiger partial charge in [-0.3, -0.25) is 4.79 Å². The average Bonchev–Trinajstić information content (AvgIpc) is 2.80. The maximum Gasteiger partial charge on any atom is 0.330 e. The molecule has 1 aromatic carbocycles. The summed E-state index contributed by atoms with van der Waals surface area (Å²) in [6.07, 6.45) is 0. The van der Waals surface area contributed by atoms with E-state index in [-0.39, 0.29) is 12.5 Å². The third-order valence-electron chi connectivity index (χ3n) is 2.86. The van der Waals surface area contributed by atoms with Gasteiger partial charge in [-0.1, -0.05) is 17.3 Å². The molecule has 2 rings (SSSR count). The molecule has 1 aromatic heterocycles. The summed E-state index contributed by atoms with van der Waals surface area (Å²) in [4.78, 5) is 23.5. The smallest absolute Gasteiger partial charge is 0.330 e. The molecule has 0 atom stereocenters. The molecule has 0 spiro atoms. The monoisotopic (exact) mass is 276 g/mol. The Kier molecular flexibility index (Phi) is 3.69. The minimum absolute atomic E-state index is 0.0130. The van der Waals surface area contributed by atoms with Crippen LogP contribution in [-0.2, 0) is 20.9 Å². The van der Waals surface area contributed by atoms with Crippen LogP contribution < -0.4 is 5.32 Å². The Morgan fingerprint density at radius 3 is 2.75 bits per heavy atom. The van der Waals surface area contributed by atoms with Gasteiger partial charge in [0.2, 0.25) is 5.91 Å². The van der Waals surface area contributed by atoms with Crippen molar-refractivity contribution in [2.45, 2.75) is 25.9 Å². The highest BCUT2D eigenvalue weighted by Crippen LogP contribution is 2.10. The van der Waals surface area contributed by atoms with Gasteiger partial charge in [-0.05, 0) is 26.0 Å². The molecule has 0 fully saturated rings. The first kappa shape index (κ1) is 14.0. The first-order chi connectivity index (χ1) is 9.44. The van der Waals surface area contributed by atoms with Crippen LogP contribution >= 0.6 is 0 Å². The van der Waals surface area contributed by atoms with Crippen molar-refractivity contribution in [2.75, 3.05) is 7.11 Å². The van der Waals surface area contributed by atoms with Gasteiger partial charge in [-0.2, -0.15) is 0 Å². The number of nitrogens with zero attached hydrogens (tertiary/aromatic N) is 3. The summed E-state index contributed by atoms with van der Waals surface area (Å²) in [6, 6.07) is 7.34. The fourth-order valence-electron chi connectivity index (χ4n) is 1.86. The molecule has 106 valence electrons. The van der Waals surface area contributed by atoms with Crippen molar-refractivity contribution in [3.8, 4) is 0 Å². The Labute approximate surface area is 115 Å². The van der Waals surface area contributed by atoms with E-state index < -0.39 is 11.5 Å². The molecule has 0 saturated carbocycles. The maximum atomic E-state index is 12.0. The Bertz CT molecular complexity index is 648. The molecule has 0 bridgehead atoms. The van der Waals surface area contributed by atoms with Crippen LogP contribution in [0.1, 0.15) is 13.8 Å². The highest BCUT2D eigenvalue weighted by Gasteiger charge is 2.30. The number of ether oxygens (including phenoxy) is 1. The average molecular weight is 276 g/mol.